The quantitative estimate of drug-likeness (QED) is 0.567. The summed E-state index contributed by atoms with van der Waals surface area (Å²) in [7, 11) is 5.93. The molecule has 0 unspecified atom stereocenters. The predicted molar refractivity (Wildman–Crippen MR) is 96.3 cm³/mol. The molecule has 2 aromatic rings. The molecule has 7 heteroatoms. The van der Waals surface area contributed by atoms with E-state index in [2.05, 4.69) is 56.7 Å². The second kappa shape index (κ2) is 8.18. The normalized spacial score (nSPS) is 16.8. The molecule has 0 amide bonds. The summed E-state index contributed by atoms with van der Waals surface area (Å²) in [4.78, 5) is 2.54. The van der Waals surface area contributed by atoms with Crippen LogP contribution < -0.4 is 0 Å². The van der Waals surface area contributed by atoms with E-state index in [0.29, 0.717) is 5.92 Å². The number of thioether (sulfide) groups is 1. The molecule has 6 nitrogen and oxygen atoms in total. The number of aryl methyl sites for hydroxylation is 1. The molecule has 0 aromatic carbocycles. The fourth-order valence-corrected chi connectivity index (χ4v) is 4.08. The Morgan fingerprint density at radius 2 is 2.04 bits per heavy atom. The van der Waals surface area contributed by atoms with Crippen molar-refractivity contribution in [3.63, 3.8) is 0 Å². The van der Waals surface area contributed by atoms with Gasteiger partial charge in [0.05, 0.1) is 6.61 Å². The van der Waals surface area contributed by atoms with Crippen LogP contribution in [0.1, 0.15) is 30.3 Å². The lowest BCUT2D eigenvalue weighted by Crippen LogP contribution is -2.33. The van der Waals surface area contributed by atoms with E-state index in [-0.39, 0.29) is 0 Å². The Bertz CT molecular complexity index is 645. The highest BCUT2D eigenvalue weighted by atomic mass is 32.2. The highest BCUT2D eigenvalue weighted by Crippen LogP contribution is 2.29. The molecule has 0 aliphatic carbocycles. The maximum absolute atomic E-state index is 5.10. The fraction of sp³-hybridized carbons (Fsp3) is 0.647. The van der Waals surface area contributed by atoms with Gasteiger partial charge in [0, 0.05) is 51.3 Å². The first-order chi connectivity index (χ1) is 11.7. The number of nitrogens with zero attached hydrogens (tertiary/aromatic N) is 5. The molecule has 3 heterocycles. The number of piperidine rings is 1. The summed E-state index contributed by atoms with van der Waals surface area (Å²) < 4.78 is 9.48. The largest absolute Gasteiger partial charge is 0.384 e. The summed E-state index contributed by atoms with van der Waals surface area (Å²) in [5.41, 5.74) is 1.38. The van der Waals surface area contributed by atoms with Crippen LogP contribution >= 0.6 is 11.8 Å². The van der Waals surface area contributed by atoms with Gasteiger partial charge in [-0.05, 0) is 38.1 Å². The molecule has 3 rings (SSSR count). The molecule has 0 radical (unpaired) electrons. The van der Waals surface area contributed by atoms with E-state index in [1.54, 1.807) is 18.9 Å². The minimum Gasteiger partial charge on any atom is -0.384 e. The van der Waals surface area contributed by atoms with Gasteiger partial charge in [-0.2, -0.15) is 0 Å². The van der Waals surface area contributed by atoms with Crippen molar-refractivity contribution < 1.29 is 4.74 Å². The minimum atomic E-state index is 0.518. The summed E-state index contributed by atoms with van der Waals surface area (Å²) in [6, 6.07) is 4.32. The molecular formula is C17H27N5OS. The molecule has 0 spiro atoms. The molecule has 0 bridgehead atoms. The topological polar surface area (TPSA) is 48.1 Å². The highest BCUT2D eigenvalue weighted by molar-refractivity contribution is 7.99. The van der Waals surface area contributed by atoms with Crippen molar-refractivity contribution in [2.24, 2.45) is 14.1 Å². The number of hydrogen-bond acceptors (Lipinski definition) is 5. The Balaban J connectivity index is 1.54. The van der Waals surface area contributed by atoms with Crippen molar-refractivity contribution in [3.8, 4) is 0 Å². The first kappa shape index (κ1) is 17.5. The average molecular weight is 350 g/mol. The van der Waals surface area contributed by atoms with Crippen LogP contribution in [-0.2, 0) is 25.4 Å². The SMILES string of the molecule is COCCSc1nnc(C2CCN(Cc3cccn3C)CC2)n1C. The fourth-order valence-electron chi connectivity index (χ4n) is 3.26. The van der Waals surface area contributed by atoms with E-state index in [1.807, 2.05) is 0 Å². The standard InChI is InChI=1S/C17H27N5OS/c1-20-8-4-5-15(20)13-22-9-6-14(7-10-22)16-18-19-17(21(16)2)24-12-11-23-3/h4-5,8,14H,6-7,9-13H2,1-3H3. The van der Waals surface area contributed by atoms with Gasteiger partial charge in [-0.25, -0.2) is 0 Å². The van der Waals surface area contributed by atoms with Crippen LogP contribution in [0.5, 0.6) is 0 Å². The first-order valence-electron chi connectivity index (χ1n) is 8.52. The summed E-state index contributed by atoms with van der Waals surface area (Å²) >= 11 is 1.71. The lowest BCUT2D eigenvalue weighted by Gasteiger charge is -2.31. The molecule has 0 saturated carbocycles. The van der Waals surface area contributed by atoms with E-state index in [4.69, 9.17) is 4.74 Å². The van der Waals surface area contributed by atoms with E-state index in [9.17, 15) is 0 Å². The Labute approximate surface area is 148 Å². The van der Waals surface area contributed by atoms with Crippen LogP contribution in [0.4, 0.5) is 0 Å². The van der Waals surface area contributed by atoms with Crippen molar-refractivity contribution in [2.45, 2.75) is 30.5 Å². The van der Waals surface area contributed by atoms with E-state index in [0.717, 1.165) is 55.8 Å². The Morgan fingerprint density at radius 1 is 1.25 bits per heavy atom. The van der Waals surface area contributed by atoms with Gasteiger partial charge in [0.1, 0.15) is 5.82 Å². The maximum atomic E-state index is 5.10. The van der Waals surface area contributed by atoms with Gasteiger partial charge >= 0.3 is 0 Å². The molecule has 24 heavy (non-hydrogen) atoms. The molecule has 2 aromatic heterocycles. The molecule has 132 valence electrons. The molecule has 0 N–H and O–H groups in total. The lowest BCUT2D eigenvalue weighted by molar-refractivity contribution is 0.196. The number of aromatic nitrogens is 4. The van der Waals surface area contributed by atoms with Crippen molar-refractivity contribution in [1.29, 1.82) is 0 Å². The van der Waals surface area contributed by atoms with Crippen molar-refractivity contribution in [3.05, 3.63) is 29.8 Å². The van der Waals surface area contributed by atoms with Crippen LogP contribution in [0, 0.1) is 0 Å². The maximum Gasteiger partial charge on any atom is 0.191 e. The number of likely N-dealkylation sites (tertiary alicyclic amines) is 1. The number of rotatable bonds is 7. The van der Waals surface area contributed by atoms with Gasteiger partial charge in [-0.1, -0.05) is 11.8 Å². The molecule has 1 aliphatic heterocycles. The number of ether oxygens (including phenoxy) is 1. The lowest BCUT2D eigenvalue weighted by atomic mass is 9.96. The summed E-state index contributed by atoms with van der Waals surface area (Å²) in [6.07, 6.45) is 4.42. The zero-order valence-electron chi connectivity index (χ0n) is 14.8. The summed E-state index contributed by atoms with van der Waals surface area (Å²) in [5.74, 6) is 2.56. The van der Waals surface area contributed by atoms with E-state index >= 15 is 0 Å². The molecule has 0 atom stereocenters. The number of hydrogen-bond donors (Lipinski definition) is 0. The Hall–Kier alpha value is -1.31. The smallest absolute Gasteiger partial charge is 0.191 e. The van der Waals surface area contributed by atoms with Crippen LogP contribution in [0.25, 0.3) is 0 Å². The summed E-state index contributed by atoms with van der Waals surface area (Å²) in [5, 5.41) is 9.81. The van der Waals surface area contributed by atoms with Crippen molar-refractivity contribution >= 4 is 11.8 Å². The van der Waals surface area contributed by atoms with Gasteiger partial charge in [0.25, 0.3) is 0 Å². The van der Waals surface area contributed by atoms with Gasteiger partial charge in [0.2, 0.25) is 0 Å². The van der Waals surface area contributed by atoms with Crippen LogP contribution in [-0.4, -0.2) is 56.8 Å². The van der Waals surface area contributed by atoms with Gasteiger partial charge < -0.3 is 13.9 Å². The van der Waals surface area contributed by atoms with Crippen molar-refractivity contribution in [1.82, 2.24) is 24.2 Å². The molecule has 1 saturated heterocycles. The molecule has 1 aliphatic rings. The van der Waals surface area contributed by atoms with Gasteiger partial charge in [-0.15, -0.1) is 10.2 Å². The molecule has 1 fully saturated rings. The zero-order chi connectivity index (χ0) is 16.9. The first-order valence-corrected chi connectivity index (χ1v) is 9.51. The average Bonchev–Trinajstić information content (AvgIpc) is 3.15. The molecular weight excluding hydrogens is 322 g/mol. The van der Waals surface area contributed by atoms with Crippen LogP contribution in [0.15, 0.2) is 23.5 Å². The number of methoxy groups -OCH3 is 1. The second-order valence-corrected chi connectivity index (χ2v) is 7.46. The van der Waals surface area contributed by atoms with E-state index < -0.39 is 0 Å². The van der Waals surface area contributed by atoms with Crippen molar-refractivity contribution in [2.75, 3.05) is 32.6 Å². The second-order valence-electron chi connectivity index (χ2n) is 6.40. The third-order valence-electron chi connectivity index (χ3n) is 4.78. The van der Waals surface area contributed by atoms with Gasteiger partial charge in [0.15, 0.2) is 5.16 Å². The zero-order valence-corrected chi connectivity index (χ0v) is 15.6. The monoisotopic (exact) mass is 349 g/mol. The Kier molecular flexibility index (Phi) is 5.97. The van der Waals surface area contributed by atoms with Crippen LogP contribution in [0.2, 0.25) is 0 Å². The third-order valence-corrected chi connectivity index (χ3v) is 5.76. The third kappa shape index (κ3) is 4.02. The predicted octanol–water partition coefficient (Wildman–Crippen LogP) is 2.27. The minimum absolute atomic E-state index is 0.518. The van der Waals surface area contributed by atoms with Crippen LogP contribution in [0.3, 0.4) is 0 Å². The van der Waals surface area contributed by atoms with Gasteiger partial charge in [-0.3, -0.25) is 4.90 Å². The Morgan fingerprint density at radius 3 is 2.71 bits per heavy atom. The summed E-state index contributed by atoms with van der Waals surface area (Å²) in [6.45, 7) is 4.02. The van der Waals surface area contributed by atoms with E-state index in [1.165, 1.54) is 5.69 Å². The highest BCUT2D eigenvalue weighted by Gasteiger charge is 2.25.